The van der Waals surface area contributed by atoms with Gasteiger partial charge in [0.2, 0.25) is 0 Å². The Bertz CT molecular complexity index is 551. The van der Waals surface area contributed by atoms with Gasteiger partial charge < -0.3 is 20.1 Å². The zero-order valence-corrected chi connectivity index (χ0v) is 14.1. The number of carbonyl (C=O) groups excluding carboxylic acids is 1. The third kappa shape index (κ3) is 4.99. The molecule has 0 heterocycles. The summed E-state index contributed by atoms with van der Waals surface area (Å²) in [6, 6.07) is 6.26. The second kappa shape index (κ2) is 8.58. The number of likely N-dealkylation sites (N-methyl/N-ethyl adjacent to an activating group) is 1. The number of hydrogen-bond donors (Lipinski definition) is 2. The predicted octanol–water partition coefficient (Wildman–Crippen LogP) is 2.75. The van der Waals surface area contributed by atoms with Gasteiger partial charge in [-0.05, 0) is 49.9 Å². The van der Waals surface area contributed by atoms with Gasteiger partial charge in [-0.25, -0.2) is 4.79 Å². The molecule has 0 radical (unpaired) electrons. The zero-order chi connectivity index (χ0) is 16.7. The number of hydrogen-bond acceptors (Lipinski definition) is 4. The van der Waals surface area contributed by atoms with E-state index in [4.69, 9.17) is 9.47 Å². The third-order valence-corrected chi connectivity index (χ3v) is 4.11. The van der Waals surface area contributed by atoms with Gasteiger partial charge >= 0.3 is 6.09 Å². The summed E-state index contributed by atoms with van der Waals surface area (Å²) in [6.07, 6.45) is 5.31. The van der Waals surface area contributed by atoms with Crippen LogP contribution in [0.5, 0.6) is 5.75 Å². The van der Waals surface area contributed by atoms with E-state index in [0.717, 1.165) is 30.7 Å². The van der Waals surface area contributed by atoms with Gasteiger partial charge in [-0.3, -0.25) is 0 Å². The molecule has 0 aromatic heterocycles. The minimum Gasteiger partial charge on any atom is -0.496 e. The Kier molecular flexibility index (Phi) is 6.47. The normalized spacial score (nSPS) is 20.1. The van der Waals surface area contributed by atoms with E-state index in [1.54, 1.807) is 7.11 Å². The van der Waals surface area contributed by atoms with Gasteiger partial charge in [0.15, 0.2) is 0 Å². The highest BCUT2D eigenvalue weighted by Gasteiger charge is 2.33. The number of alkyl carbamates (subject to hydrolysis) is 1. The molecule has 1 aliphatic rings. The molecule has 1 aliphatic carbocycles. The number of benzene rings is 1. The zero-order valence-electron chi connectivity index (χ0n) is 14.1. The number of carbonyl (C=O) groups is 1. The highest BCUT2D eigenvalue weighted by molar-refractivity contribution is 5.67. The fourth-order valence-corrected chi connectivity index (χ4v) is 2.71. The Morgan fingerprint density at radius 2 is 2.04 bits per heavy atom. The van der Waals surface area contributed by atoms with Gasteiger partial charge in [0, 0.05) is 13.1 Å². The van der Waals surface area contributed by atoms with E-state index in [1.165, 1.54) is 5.56 Å². The molecule has 23 heavy (non-hydrogen) atoms. The molecule has 1 saturated carbocycles. The van der Waals surface area contributed by atoms with Crippen molar-refractivity contribution in [2.24, 2.45) is 0 Å². The van der Waals surface area contributed by atoms with E-state index in [9.17, 15) is 4.79 Å². The Morgan fingerprint density at radius 1 is 1.30 bits per heavy atom. The average molecular weight is 318 g/mol. The topological polar surface area (TPSA) is 59.6 Å². The molecule has 5 heteroatoms. The number of rotatable bonds is 7. The van der Waals surface area contributed by atoms with Crippen molar-refractivity contribution in [1.82, 2.24) is 10.6 Å². The first-order chi connectivity index (χ1) is 11.1. The number of methoxy groups -OCH3 is 1. The monoisotopic (exact) mass is 318 g/mol. The van der Waals surface area contributed by atoms with Gasteiger partial charge in [-0.2, -0.15) is 0 Å². The van der Waals surface area contributed by atoms with E-state index in [-0.39, 0.29) is 12.2 Å². The van der Waals surface area contributed by atoms with Crippen LogP contribution in [0.1, 0.15) is 29.9 Å². The lowest BCUT2D eigenvalue weighted by atomic mass is 9.77. The molecule has 1 fully saturated rings. The van der Waals surface area contributed by atoms with Crippen LogP contribution in [0, 0.1) is 6.92 Å². The Morgan fingerprint density at radius 3 is 2.70 bits per heavy atom. The number of amides is 1. The molecule has 0 atom stereocenters. The molecule has 2 rings (SSSR count). The summed E-state index contributed by atoms with van der Waals surface area (Å²) in [4.78, 5) is 11.7. The number of nitrogens with one attached hydrogen (secondary N) is 2. The molecule has 0 aliphatic heterocycles. The highest BCUT2D eigenvalue weighted by Crippen LogP contribution is 2.39. The summed E-state index contributed by atoms with van der Waals surface area (Å²) >= 11 is 0. The Labute approximate surface area is 138 Å². The molecule has 2 N–H and O–H groups in total. The molecule has 5 nitrogen and oxygen atoms in total. The first kappa shape index (κ1) is 17.3. The Balaban J connectivity index is 1.70. The highest BCUT2D eigenvalue weighted by atomic mass is 16.6. The summed E-state index contributed by atoms with van der Waals surface area (Å²) in [5.41, 5.74) is 2.43. The summed E-state index contributed by atoms with van der Waals surface area (Å²) < 4.78 is 10.7. The van der Waals surface area contributed by atoms with Gasteiger partial charge in [0.1, 0.15) is 11.9 Å². The van der Waals surface area contributed by atoms with E-state index >= 15 is 0 Å². The van der Waals surface area contributed by atoms with Crippen LogP contribution in [0.2, 0.25) is 0 Å². The second-order valence-corrected chi connectivity index (χ2v) is 5.83. The molecule has 0 saturated heterocycles. The number of ether oxygens (including phenoxy) is 2. The molecular formula is C18H26N2O3. The maximum atomic E-state index is 11.7. The predicted molar refractivity (Wildman–Crippen MR) is 91.0 cm³/mol. The maximum absolute atomic E-state index is 11.7. The van der Waals surface area contributed by atoms with E-state index in [1.807, 2.05) is 32.2 Å². The van der Waals surface area contributed by atoms with Crippen molar-refractivity contribution in [2.75, 3.05) is 27.2 Å². The molecular weight excluding hydrogens is 292 g/mol. The maximum Gasteiger partial charge on any atom is 0.407 e. The lowest BCUT2D eigenvalue weighted by Crippen LogP contribution is -2.36. The standard InChI is InChI=1S/C18H26N2O3/c1-13-10-14(6-7-17(13)22-3)15-11-16(12-15)23-18(21)20-9-5-4-8-19-2/h4-7,10,15-16,19H,8-9,11-12H2,1-3H3,(H,20,21)/b5-4+. The van der Waals surface area contributed by atoms with Crippen molar-refractivity contribution in [2.45, 2.75) is 31.8 Å². The molecule has 0 bridgehead atoms. The van der Waals surface area contributed by atoms with Crippen LogP contribution in [-0.4, -0.2) is 39.4 Å². The van der Waals surface area contributed by atoms with E-state index in [2.05, 4.69) is 22.8 Å². The van der Waals surface area contributed by atoms with Crippen LogP contribution in [0.4, 0.5) is 4.79 Å². The lowest BCUT2D eigenvalue weighted by molar-refractivity contribution is 0.0400. The summed E-state index contributed by atoms with van der Waals surface area (Å²) in [5.74, 6) is 1.37. The second-order valence-electron chi connectivity index (χ2n) is 5.83. The van der Waals surface area contributed by atoms with Crippen molar-refractivity contribution in [1.29, 1.82) is 0 Å². The molecule has 1 aromatic carbocycles. The van der Waals surface area contributed by atoms with Crippen LogP contribution >= 0.6 is 0 Å². The minimum atomic E-state index is -0.339. The minimum absolute atomic E-state index is 0.0173. The van der Waals surface area contributed by atoms with Crippen LogP contribution in [0.25, 0.3) is 0 Å². The number of aryl methyl sites for hydroxylation is 1. The van der Waals surface area contributed by atoms with Crippen LogP contribution in [-0.2, 0) is 4.74 Å². The van der Waals surface area contributed by atoms with Gasteiger partial charge in [0.25, 0.3) is 0 Å². The van der Waals surface area contributed by atoms with Crippen LogP contribution in [0.3, 0.4) is 0 Å². The molecule has 0 unspecified atom stereocenters. The first-order valence-corrected chi connectivity index (χ1v) is 8.02. The smallest absolute Gasteiger partial charge is 0.407 e. The quantitative estimate of drug-likeness (QED) is 0.759. The van der Waals surface area contributed by atoms with Gasteiger partial charge in [-0.15, -0.1) is 0 Å². The van der Waals surface area contributed by atoms with Crippen molar-refractivity contribution in [3.05, 3.63) is 41.5 Å². The Hall–Kier alpha value is -2.01. The lowest BCUT2D eigenvalue weighted by Gasteiger charge is -2.35. The molecule has 1 aromatic rings. The fraction of sp³-hybridized carbons (Fsp3) is 0.500. The van der Waals surface area contributed by atoms with Gasteiger partial charge in [0.05, 0.1) is 7.11 Å². The van der Waals surface area contributed by atoms with Crippen molar-refractivity contribution >= 4 is 6.09 Å². The van der Waals surface area contributed by atoms with Crippen LogP contribution < -0.4 is 15.4 Å². The average Bonchev–Trinajstić information content (AvgIpc) is 2.50. The largest absolute Gasteiger partial charge is 0.496 e. The van der Waals surface area contributed by atoms with E-state index in [0.29, 0.717) is 12.5 Å². The fourth-order valence-electron chi connectivity index (χ4n) is 2.71. The molecule has 126 valence electrons. The SMILES string of the molecule is CNC/C=C/CNC(=O)OC1CC(c2ccc(OC)c(C)c2)C1. The summed E-state index contributed by atoms with van der Waals surface area (Å²) in [6.45, 7) is 3.33. The van der Waals surface area contributed by atoms with Crippen molar-refractivity contribution < 1.29 is 14.3 Å². The first-order valence-electron chi connectivity index (χ1n) is 8.02. The molecule has 1 amide bonds. The summed E-state index contributed by atoms with van der Waals surface area (Å²) in [7, 11) is 3.56. The third-order valence-electron chi connectivity index (χ3n) is 4.11. The van der Waals surface area contributed by atoms with Crippen LogP contribution in [0.15, 0.2) is 30.4 Å². The van der Waals surface area contributed by atoms with E-state index < -0.39 is 0 Å². The van der Waals surface area contributed by atoms with Gasteiger partial charge in [-0.1, -0.05) is 24.3 Å². The summed E-state index contributed by atoms with van der Waals surface area (Å²) in [5, 5.41) is 5.73. The molecule has 0 spiro atoms. The van der Waals surface area contributed by atoms with Crippen molar-refractivity contribution in [3.8, 4) is 5.75 Å². The van der Waals surface area contributed by atoms with Crippen molar-refractivity contribution in [3.63, 3.8) is 0 Å².